The van der Waals surface area contributed by atoms with Crippen molar-refractivity contribution in [3.8, 4) is 0 Å². The minimum absolute atomic E-state index is 0.202. The van der Waals surface area contributed by atoms with Crippen LogP contribution in [0.4, 0.5) is 15.8 Å². The molecule has 0 aliphatic carbocycles. The number of amides is 1. The summed E-state index contributed by atoms with van der Waals surface area (Å²) in [5.41, 5.74) is 2.17. The van der Waals surface area contributed by atoms with E-state index in [1.807, 2.05) is 31.3 Å². The molecule has 0 saturated carbocycles. The van der Waals surface area contributed by atoms with E-state index >= 15 is 0 Å². The molecule has 1 aromatic carbocycles. The van der Waals surface area contributed by atoms with Crippen LogP contribution in [0.25, 0.3) is 0 Å². The lowest BCUT2D eigenvalue weighted by molar-refractivity contribution is 0.0986. The minimum Gasteiger partial charge on any atom is -0.371 e. The molecule has 2 aromatic rings. The van der Waals surface area contributed by atoms with Crippen LogP contribution in [0.2, 0.25) is 0 Å². The number of nitrogens with zero attached hydrogens (tertiary/aromatic N) is 3. The van der Waals surface area contributed by atoms with Crippen molar-refractivity contribution in [3.63, 3.8) is 0 Å². The molecule has 1 aliphatic rings. The van der Waals surface area contributed by atoms with Gasteiger partial charge in [0.1, 0.15) is 0 Å². The number of fused-ring (bicyclic) bond motifs is 1. The highest BCUT2D eigenvalue weighted by atomic mass is 19.1. The minimum atomic E-state index is -0.640. The predicted molar refractivity (Wildman–Crippen MR) is 75.6 cm³/mol. The van der Waals surface area contributed by atoms with Crippen molar-refractivity contribution in [2.75, 3.05) is 29.9 Å². The number of likely N-dealkylation sites (N-methyl/N-ethyl adjacent to an activating group) is 1. The number of para-hydroxylation sites is 2. The second kappa shape index (κ2) is 4.92. The van der Waals surface area contributed by atoms with Crippen molar-refractivity contribution in [1.82, 2.24) is 4.98 Å². The molecule has 0 N–H and O–H groups in total. The monoisotopic (exact) mass is 271 g/mol. The van der Waals surface area contributed by atoms with Crippen molar-refractivity contribution >= 4 is 17.3 Å². The lowest BCUT2D eigenvalue weighted by atomic mass is 10.1. The number of benzene rings is 1. The number of anilines is 2. The first-order valence-electron chi connectivity index (χ1n) is 6.40. The molecule has 2 heterocycles. The van der Waals surface area contributed by atoms with E-state index in [1.165, 1.54) is 18.3 Å². The van der Waals surface area contributed by atoms with Gasteiger partial charge in [-0.1, -0.05) is 12.1 Å². The van der Waals surface area contributed by atoms with Gasteiger partial charge >= 0.3 is 0 Å². The predicted octanol–water partition coefficient (Wildman–Crippen LogP) is 2.32. The van der Waals surface area contributed by atoms with Crippen LogP contribution in [-0.2, 0) is 0 Å². The summed E-state index contributed by atoms with van der Waals surface area (Å²) in [5.74, 6) is -0.842. The van der Waals surface area contributed by atoms with Crippen LogP contribution in [0, 0.1) is 5.95 Å². The maximum absolute atomic E-state index is 13.2. The Morgan fingerprint density at radius 3 is 2.70 bits per heavy atom. The number of halogens is 1. The van der Waals surface area contributed by atoms with Gasteiger partial charge in [-0.2, -0.15) is 4.39 Å². The molecular weight excluding hydrogens is 257 g/mol. The van der Waals surface area contributed by atoms with Crippen LogP contribution in [0.5, 0.6) is 0 Å². The van der Waals surface area contributed by atoms with Crippen molar-refractivity contribution in [2.45, 2.75) is 0 Å². The fraction of sp³-hybridized carbons (Fsp3) is 0.200. The third kappa shape index (κ3) is 2.11. The Kier molecular flexibility index (Phi) is 3.10. The molecule has 102 valence electrons. The fourth-order valence-corrected chi connectivity index (χ4v) is 2.41. The average molecular weight is 271 g/mol. The molecule has 4 nitrogen and oxygen atoms in total. The molecule has 1 amide bonds. The first-order chi connectivity index (χ1) is 9.66. The summed E-state index contributed by atoms with van der Waals surface area (Å²) in [6.45, 7) is 1.33. The normalized spacial score (nSPS) is 14.1. The largest absolute Gasteiger partial charge is 0.371 e. The zero-order valence-electron chi connectivity index (χ0n) is 11.1. The van der Waals surface area contributed by atoms with Crippen LogP contribution >= 0.6 is 0 Å². The van der Waals surface area contributed by atoms with E-state index in [0.717, 1.165) is 17.9 Å². The summed E-state index contributed by atoms with van der Waals surface area (Å²) in [6, 6.07) is 10.4. The maximum Gasteiger partial charge on any atom is 0.258 e. The highest BCUT2D eigenvalue weighted by molar-refractivity contribution is 6.08. The van der Waals surface area contributed by atoms with Crippen molar-refractivity contribution in [2.24, 2.45) is 0 Å². The SMILES string of the molecule is CN1CCN(C(=O)c2ccnc(F)c2)c2ccccc21. The zero-order chi connectivity index (χ0) is 14.1. The first kappa shape index (κ1) is 12.6. The Balaban J connectivity index is 1.99. The van der Waals surface area contributed by atoms with Crippen LogP contribution < -0.4 is 9.80 Å². The van der Waals surface area contributed by atoms with Gasteiger partial charge in [-0.05, 0) is 18.2 Å². The lowest BCUT2D eigenvalue weighted by Gasteiger charge is -2.35. The molecule has 1 aromatic heterocycles. The van der Waals surface area contributed by atoms with Crippen molar-refractivity contribution in [1.29, 1.82) is 0 Å². The van der Waals surface area contributed by atoms with E-state index in [1.54, 1.807) is 4.90 Å². The molecule has 0 saturated heterocycles. The molecular formula is C15H14FN3O. The zero-order valence-corrected chi connectivity index (χ0v) is 11.1. The Morgan fingerprint density at radius 1 is 1.20 bits per heavy atom. The molecule has 5 heteroatoms. The van der Waals surface area contributed by atoms with Crippen LogP contribution in [-0.4, -0.2) is 31.0 Å². The Bertz CT molecular complexity index is 659. The molecule has 0 atom stereocenters. The van der Waals surface area contributed by atoms with E-state index in [-0.39, 0.29) is 5.91 Å². The highest BCUT2D eigenvalue weighted by Gasteiger charge is 2.25. The summed E-state index contributed by atoms with van der Waals surface area (Å²) in [7, 11) is 1.99. The second-order valence-corrected chi connectivity index (χ2v) is 4.73. The summed E-state index contributed by atoms with van der Waals surface area (Å²) < 4.78 is 13.2. The Morgan fingerprint density at radius 2 is 1.95 bits per heavy atom. The third-order valence-electron chi connectivity index (χ3n) is 3.46. The van der Waals surface area contributed by atoms with Crippen molar-refractivity contribution < 1.29 is 9.18 Å². The molecule has 3 rings (SSSR count). The number of aromatic nitrogens is 1. The van der Waals surface area contributed by atoms with E-state index in [0.29, 0.717) is 12.1 Å². The van der Waals surface area contributed by atoms with Gasteiger partial charge in [-0.15, -0.1) is 0 Å². The maximum atomic E-state index is 13.2. The van der Waals surface area contributed by atoms with Crippen LogP contribution in [0.15, 0.2) is 42.6 Å². The summed E-state index contributed by atoms with van der Waals surface area (Å²) >= 11 is 0. The molecule has 0 fully saturated rings. The Hall–Kier alpha value is -2.43. The second-order valence-electron chi connectivity index (χ2n) is 4.73. The van der Waals surface area contributed by atoms with Gasteiger partial charge in [-0.3, -0.25) is 4.79 Å². The number of rotatable bonds is 1. The van der Waals surface area contributed by atoms with E-state index < -0.39 is 5.95 Å². The quantitative estimate of drug-likeness (QED) is 0.747. The lowest BCUT2D eigenvalue weighted by Crippen LogP contribution is -2.42. The topological polar surface area (TPSA) is 36.4 Å². The number of carbonyl (C=O) groups is 1. The molecule has 0 bridgehead atoms. The molecule has 0 spiro atoms. The average Bonchev–Trinajstić information content (AvgIpc) is 2.47. The van der Waals surface area contributed by atoms with Crippen LogP contribution in [0.1, 0.15) is 10.4 Å². The number of hydrogen-bond acceptors (Lipinski definition) is 3. The van der Waals surface area contributed by atoms with Gasteiger partial charge in [0, 0.05) is 38.0 Å². The van der Waals surface area contributed by atoms with Crippen molar-refractivity contribution in [3.05, 3.63) is 54.1 Å². The van der Waals surface area contributed by atoms with Gasteiger partial charge in [0.25, 0.3) is 5.91 Å². The van der Waals surface area contributed by atoms with E-state index in [4.69, 9.17) is 0 Å². The molecule has 0 radical (unpaired) electrons. The fourth-order valence-electron chi connectivity index (χ4n) is 2.41. The third-order valence-corrected chi connectivity index (χ3v) is 3.46. The van der Waals surface area contributed by atoms with E-state index in [9.17, 15) is 9.18 Å². The summed E-state index contributed by atoms with van der Waals surface area (Å²) in [4.78, 5) is 19.8. The van der Waals surface area contributed by atoms with Gasteiger partial charge < -0.3 is 9.80 Å². The number of carbonyl (C=O) groups excluding carboxylic acids is 1. The highest BCUT2D eigenvalue weighted by Crippen LogP contribution is 2.32. The number of hydrogen-bond donors (Lipinski definition) is 0. The van der Waals surface area contributed by atoms with Gasteiger partial charge in [0.15, 0.2) is 0 Å². The molecule has 0 unspecified atom stereocenters. The van der Waals surface area contributed by atoms with Gasteiger partial charge in [-0.25, -0.2) is 4.98 Å². The standard InChI is InChI=1S/C15H14FN3O/c1-18-8-9-19(13-5-3-2-4-12(13)18)15(20)11-6-7-17-14(16)10-11/h2-7,10H,8-9H2,1H3. The summed E-state index contributed by atoms with van der Waals surface area (Å²) in [6.07, 6.45) is 1.31. The number of pyridine rings is 1. The van der Waals surface area contributed by atoms with Crippen LogP contribution in [0.3, 0.4) is 0 Å². The smallest absolute Gasteiger partial charge is 0.258 e. The molecule has 20 heavy (non-hydrogen) atoms. The summed E-state index contributed by atoms with van der Waals surface area (Å²) in [5, 5.41) is 0. The van der Waals surface area contributed by atoms with Gasteiger partial charge in [0.05, 0.1) is 11.4 Å². The Labute approximate surface area is 116 Å². The van der Waals surface area contributed by atoms with E-state index in [2.05, 4.69) is 9.88 Å². The van der Waals surface area contributed by atoms with Gasteiger partial charge in [0.2, 0.25) is 5.95 Å². The molecule has 1 aliphatic heterocycles. The first-order valence-corrected chi connectivity index (χ1v) is 6.40.